The maximum atomic E-state index is 13.6. The molecule has 0 bridgehead atoms. The van der Waals surface area contributed by atoms with Crippen molar-refractivity contribution in [3.8, 4) is 17.1 Å². The SMILES string of the molecule is COc1cc2c(Nc3ccc(F)c(F)c3)nc(-c3cccnc3)nc2cc1Cl. The normalized spacial score (nSPS) is 10.9. The topological polar surface area (TPSA) is 59.9 Å². The summed E-state index contributed by atoms with van der Waals surface area (Å²) in [5.74, 6) is -0.643. The Balaban J connectivity index is 1.91. The van der Waals surface area contributed by atoms with Gasteiger partial charge in [-0.05, 0) is 36.4 Å². The molecule has 0 saturated heterocycles. The second-order valence-corrected chi connectivity index (χ2v) is 6.30. The van der Waals surface area contributed by atoms with E-state index < -0.39 is 11.6 Å². The lowest BCUT2D eigenvalue weighted by molar-refractivity contribution is 0.415. The average molecular weight is 399 g/mol. The zero-order chi connectivity index (χ0) is 19.7. The average Bonchev–Trinajstić information content (AvgIpc) is 2.70. The van der Waals surface area contributed by atoms with Crippen molar-refractivity contribution < 1.29 is 13.5 Å². The van der Waals surface area contributed by atoms with E-state index >= 15 is 0 Å². The molecule has 2 aromatic heterocycles. The Kier molecular flexibility index (Phi) is 4.75. The van der Waals surface area contributed by atoms with Crippen molar-refractivity contribution in [1.82, 2.24) is 15.0 Å². The van der Waals surface area contributed by atoms with E-state index in [1.807, 2.05) is 6.07 Å². The molecule has 0 saturated carbocycles. The monoisotopic (exact) mass is 398 g/mol. The lowest BCUT2D eigenvalue weighted by Gasteiger charge is -2.13. The van der Waals surface area contributed by atoms with Crippen LogP contribution in [-0.4, -0.2) is 22.1 Å². The largest absolute Gasteiger partial charge is 0.495 e. The van der Waals surface area contributed by atoms with Crippen LogP contribution < -0.4 is 10.1 Å². The van der Waals surface area contributed by atoms with Crippen LogP contribution >= 0.6 is 11.6 Å². The van der Waals surface area contributed by atoms with Crippen molar-refractivity contribution in [1.29, 1.82) is 0 Å². The standard InChI is InChI=1S/C20H13ClF2N4O/c1-28-18-8-13-17(9-14(18)21)26-19(11-3-2-6-24-10-11)27-20(13)25-12-4-5-15(22)16(23)7-12/h2-10H,1H3,(H,25,26,27). The molecule has 2 heterocycles. The van der Waals surface area contributed by atoms with Gasteiger partial charge in [0.2, 0.25) is 0 Å². The van der Waals surface area contributed by atoms with Gasteiger partial charge < -0.3 is 10.1 Å². The van der Waals surface area contributed by atoms with Crippen LogP contribution in [-0.2, 0) is 0 Å². The van der Waals surface area contributed by atoms with E-state index in [4.69, 9.17) is 16.3 Å². The fourth-order valence-electron chi connectivity index (χ4n) is 2.72. The Bertz CT molecular complexity index is 1170. The fraction of sp³-hybridized carbons (Fsp3) is 0.0500. The van der Waals surface area contributed by atoms with Crippen molar-refractivity contribution in [3.05, 3.63) is 71.5 Å². The number of ether oxygens (including phenoxy) is 1. The Labute approximate surface area is 164 Å². The molecule has 0 amide bonds. The van der Waals surface area contributed by atoms with Gasteiger partial charge in [-0.1, -0.05) is 11.6 Å². The molecule has 0 aliphatic rings. The lowest BCUT2D eigenvalue weighted by Crippen LogP contribution is -2.01. The highest BCUT2D eigenvalue weighted by molar-refractivity contribution is 6.33. The number of anilines is 2. The summed E-state index contributed by atoms with van der Waals surface area (Å²) in [4.78, 5) is 13.2. The minimum atomic E-state index is -0.962. The Morgan fingerprint density at radius 3 is 2.61 bits per heavy atom. The number of benzene rings is 2. The Hall–Kier alpha value is -3.32. The molecule has 0 aliphatic heterocycles. The highest BCUT2D eigenvalue weighted by atomic mass is 35.5. The molecule has 0 aliphatic carbocycles. The number of fused-ring (bicyclic) bond motifs is 1. The van der Waals surface area contributed by atoms with Crippen LogP contribution in [0.4, 0.5) is 20.3 Å². The predicted molar refractivity (Wildman–Crippen MR) is 104 cm³/mol. The summed E-state index contributed by atoms with van der Waals surface area (Å²) in [6, 6.07) is 10.5. The highest BCUT2D eigenvalue weighted by Gasteiger charge is 2.14. The highest BCUT2D eigenvalue weighted by Crippen LogP contribution is 2.34. The number of hydrogen-bond acceptors (Lipinski definition) is 5. The minimum Gasteiger partial charge on any atom is -0.495 e. The zero-order valence-corrected chi connectivity index (χ0v) is 15.3. The van der Waals surface area contributed by atoms with Crippen molar-refractivity contribution in [2.75, 3.05) is 12.4 Å². The maximum Gasteiger partial charge on any atom is 0.163 e. The van der Waals surface area contributed by atoms with Crippen molar-refractivity contribution >= 4 is 34.0 Å². The molecule has 8 heteroatoms. The molecule has 0 radical (unpaired) electrons. The molecule has 0 atom stereocenters. The number of nitrogens with one attached hydrogen (secondary N) is 1. The van der Waals surface area contributed by atoms with Crippen molar-refractivity contribution in [2.45, 2.75) is 0 Å². The quantitative estimate of drug-likeness (QED) is 0.500. The van der Waals surface area contributed by atoms with Crippen LogP contribution in [0.3, 0.4) is 0 Å². The van der Waals surface area contributed by atoms with Gasteiger partial charge in [0.1, 0.15) is 11.6 Å². The van der Waals surface area contributed by atoms with Crippen LogP contribution in [0.2, 0.25) is 5.02 Å². The van der Waals surface area contributed by atoms with Crippen molar-refractivity contribution in [3.63, 3.8) is 0 Å². The van der Waals surface area contributed by atoms with E-state index in [-0.39, 0.29) is 0 Å². The van der Waals surface area contributed by atoms with Gasteiger partial charge >= 0.3 is 0 Å². The van der Waals surface area contributed by atoms with E-state index in [1.54, 1.807) is 30.6 Å². The first-order valence-corrected chi connectivity index (χ1v) is 8.60. The molecular weight excluding hydrogens is 386 g/mol. The molecular formula is C20H13ClF2N4O. The molecule has 1 N–H and O–H groups in total. The first-order valence-electron chi connectivity index (χ1n) is 8.23. The van der Waals surface area contributed by atoms with Gasteiger partial charge in [0.15, 0.2) is 17.5 Å². The van der Waals surface area contributed by atoms with E-state index in [0.29, 0.717) is 44.6 Å². The second-order valence-electron chi connectivity index (χ2n) is 5.90. The van der Waals surface area contributed by atoms with Crippen LogP contribution in [0.1, 0.15) is 0 Å². The van der Waals surface area contributed by atoms with Gasteiger partial charge in [0.05, 0.1) is 17.6 Å². The summed E-state index contributed by atoms with van der Waals surface area (Å²) in [6.07, 6.45) is 3.28. The number of rotatable bonds is 4. The summed E-state index contributed by atoms with van der Waals surface area (Å²) in [7, 11) is 1.50. The molecule has 0 fully saturated rings. The Morgan fingerprint density at radius 2 is 1.89 bits per heavy atom. The van der Waals surface area contributed by atoms with E-state index in [0.717, 1.165) is 12.1 Å². The van der Waals surface area contributed by atoms with Crippen molar-refractivity contribution in [2.24, 2.45) is 0 Å². The molecule has 140 valence electrons. The molecule has 28 heavy (non-hydrogen) atoms. The van der Waals surface area contributed by atoms with Gasteiger partial charge in [0.25, 0.3) is 0 Å². The second kappa shape index (κ2) is 7.36. The molecule has 5 nitrogen and oxygen atoms in total. The smallest absolute Gasteiger partial charge is 0.163 e. The summed E-state index contributed by atoms with van der Waals surface area (Å²) in [5, 5.41) is 4.02. The fourth-order valence-corrected chi connectivity index (χ4v) is 2.95. The number of halogens is 3. The predicted octanol–water partition coefficient (Wildman–Crippen LogP) is 5.38. The number of hydrogen-bond donors (Lipinski definition) is 1. The minimum absolute atomic E-state index is 0.338. The summed E-state index contributed by atoms with van der Waals surface area (Å²) in [5.41, 5.74) is 1.60. The third kappa shape index (κ3) is 3.44. The molecule has 0 unspecified atom stereocenters. The lowest BCUT2D eigenvalue weighted by atomic mass is 10.2. The number of aromatic nitrogens is 3. The van der Waals surface area contributed by atoms with Gasteiger partial charge in [-0.15, -0.1) is 0 Å². The third-order valence-electron chi connectivity index (χ3n) is 4.07. The number of nitrogens with zero attached hydrogens (tertiary/aromatic N) is 3. The van der Waals surface area contributed by atoms with Gasteiger partial charge in [-0.25, -0.2) is 18.7 Å². The van der Waals surface area contributed by atoms with Crippen LogP contribution in [0.15, 0.2) is 54.9 Å². The van der Waals surface area contributed by atoms with Gasteiger partial charge in [-0.2, -0.15) is 0 Å². The van der Waals surface area contributed by atoms with E-state index in [1.165, 1.54) is 13.2 Å². The van der Waals surface area contributed by atoms with Gasteiger partial charge in [0, 0.05) is 35.1 Å². The molecule has 4 rings (SSSR count). The van der Waals surface area contributed by atoms with E-state index in [9.17, 15) is 8.78 Å². The third-order valence-corrected chi connectivity index (χ3v) is 4.37. The maximum absolute atomic E-state index is 13.6. The molecule has 0 spiro atoms. The molecule has 4 aromatic rings. The number of methoxy groups -OCH3 is 1. The summed E-state index contributed by atoms with van der Waals surface area (Å²) >= 11 is 6.24. The van der Waals surface area contributed by atoms with Crippen LogP contribution in [0, 0.1) is 11.6 Å². The van der Waals surface area contributed by atoms with Gasteiger partial charge in [-0.3, -0.25) is 4.98 Å². The molecule has 2 aromatic carbocycles. The summed E-state index contributed by atoms with van der Waals surface area (Å²) < 4.78 is 32.1. The van der Waals surface area contributed by atoms with Crippen LogP contribution in [0.5, 0.6) is 5.75 Å². The zero-order valence-electron chi connectivity index (χ0n) is 14.6. The number of pyridine rings is 1. The Morgan fingerprint density at radius 1 is 1.04 bits per heavy atom. The first kappa shape index (κ1) is 18.1. The van der Waals surface area contributed by atoms with E-state index in [2.05, 4.69) is 20.3 Å². The summed E-state index contributed by atoms with van der Waals surface area (Å²) in [6.45, 7) is 0. The van der Waals surface area contributed by atoms with Crippen LogP contribution in [0.25, 0.3) is 22.3 Å². The first-order chi connectivity index (χ1) is 13.5.